The lowest BCUT2D eigenvalue weighted by Gasteiger charge is -2.27. The number of carboxylic acid groups (broad SMARTS) is 1. The molecule has 0 saturated carbocycles. The number of pyridine rings is 1. The number of carbonyl (C=O) groups is 2. The van der Waals surface area contributed by atoms with Crippen molar-refractivity contribution in [1.29, 1.82) is 0 Å². The number of aromatic carboxylic acids is 1. The van der Waals surface area contributed by atoms with Crippen molar-refractivity contribution < 1.29 is 14.7 Å². The fourth-order valence-corrected chi connectivity index (χ4v) is 3.08. The number of carbonyl (C=O) groups excluding carboxylic acids is 1. The van der Waals surface area contributed by atoms with Gasteiger partial charge < -0.3 is 14.9 Å². The smallest absolute Gasteiger partial charge is 0.335 e. The summed E-state index contributed by atoms with van der Waals surface area (Å²) < 4.78 is 0. The topological polar surface area (TPSA) is 73.7 Å². The number of carboxylic acids is 1. The van der Waals surface area contributed by atoms with Crippen molar-refractivity contribution in [2.45, 2.75) is 40.7 Å². The summed E-state index contributed by atoms with van der Waals surface area (Å²) in [5.74, 6) is -0.435. The Kier molecular flexibility index (Phi) is 6.20. The Morgan fingerprint density at radius 1 is 1.15 bits per heavy atom. The maximum absolute atomic E-state index is 13.0. The second-order valence-electron chi connectivity index (χ2n) is 6.94. The minimum Gasteiger partial charge on any atom is -0.478 e. The zero-order chi connectivity index (χ0) is 20.3. The molecule has 0 unspecified atom stereocenters. The van der Waals surface area contributed by atoms with Crippen molar-refractivity contribution in [3.8, 4) is 0 Å². The second-order valence-corrected chi connectivity index (χ2v) is 6.94. The van der Waals surface area contributed by atoms with E-state index in [4.69, 9.17) is 5.11 Å². The predicted molar refractivity (Wildman–Crippen MR) is 108 cm³/mol. The molecule has 2 aromatic rings. The van der Waals surface area contributed by atoms with Crippen molar-refractivity contribution in [3.05, 3.63) is 52.7 Å². The average molecular weight is 369 g/mol. The molecule has 0 spiro atoms. The summed E-state index contributed by atoms with van der Waals surface area (Å²) in [4.78, 5) is 32.4. The minimum atomic E-state index is -0.980. The molecule has 1 heterocycles. The van der Waals surface area contributed by atoms with Crippen LogP contribution in [0, 0.1) is 13.8 Å². The van der Waals surface area contributed by atoms with Crippen LogP contribution in [-0.4, -0.2) is 41.6 Å². The Hall–Kier alpha value is -2.89. The molecule has 0 aliphatic heterocycles. The lowest BCUT2D eigenvalue weighted by atomic mass is 10.1. The lowest BCUT2D eigenvalue weighted by Crippen LogP contribution is -2.32. The minimum absolute atomic E-state index is 0.228. The predicted octanol–water partition coefficient (Wildman–Crippen LogP) is 3.91. The van der Waals surface area contributed by atoms with Crippen molar-refractivity contribution in [2.24, 2.45) is 0 Å². The summed E-state index contributed by atoms with van der Waals surface area (Å²) in [5.41, 5.74) is 2.80. The maximum Gasteiger partial charge on any atom is 0.335 e. The van der Waals surface area contributed by atoms with Crippen LogP contribution < -0.4 is 9.80 Å². The molecule has 0 radical (unpaired) electrons. The third-order valence-corrected chi connectivity index (χ3v) is 4.57. The van der Waals surface area contributed by atoms with Gasteiger partial charge in [-0.2, -0.15) is 0 Å². The third kappa shape index (κ3) is 4.45. The molecule has 0 aliphatic rings. The highest BCUT2D eigenvalue weighted by atomic mass is 16.4. The van der Waals surface area contributed by atoms with E-state index in [1.807, 2.05) is 13.0 Å². The summed E-state index contributed by atoms with van der Waals surface area (Å²) in [7, 11) is 1.67. The molecule has 0 bridgehead atoms. The van der Waals surface area contributed by atoms with Gasteiger partial charge in [-0.25, -0.2) is 9.78 Å². The number of amides is 1. The molecule has 0 saturated heterocycles. The Morgan fingerprint density at radius 2 is 1.81 bits per heavy atom. The van der Waals surface area contributed by atoms with E-state index in [0.717, 1.165) is 17.9 Å². The molecule has 6 heteroatoms. The van der Waals surface area contributed by atoms with E-state index in [9.17, 15) is 9.59 Å². The van der Waals surface area contributed by atoms with Crippen molar-refractivity contribution >= 4 is 23.4 Å². The molecule has 2 rings (SSSR count). The van der Waals surface area contributed by atoms with Gasteiger partial charge in [-0.05, 0) is 76.1 Å². The molecule has 6 nitrogen and oxygen atoms in total. The van der Waals surface area contributed by atoms with Gasteiger partial charge in [0.1, 0.15) is 11.5 Å². The van der Waals surface area contributed by atoms with Crippen LogP contribution in [-0.2, 0) is 0 Å². The van der Waals surface area contributed by atoms with E-state index in [1.54, 1.807) is 32.2 Å². The van der Waals surface area contributed by atoms with Gasteiger partial charge in [-0.15, -0.1) is 0 Å². The highest BCUT2D eigenvalue weighted by Crippen LogP contribution is 2.22. The monoisotopic (exact) mass is 369 g/mol. The largest absolute Gasteiger partial charge is 0.478 e. The van der Waals surface area contributed by atoms with Crippen LogP contribution in [0.15, 0.2) is 30.3 Å². The average Bonchev–Trinajstić information content (AvgIpc) is 2.59. The molecule has 144 valence electrons. The van der Waals surface area contributed by atoms with E-state index in [0.29, 0.717) is 16.9 Å². The Morgan fingerprint density at radius 3 is 2.33 bits per heavy atom. The van der Waals surface area contributed by atoms with Crippen LogP contribution in [0.3, 0.4) is 0 Å². The standard InChI is InChI=1S/C21H27N3O3/c1-7-24(13(2)3)19-11-14(4)10-18(22-19)20(25)23(6)16-8-9-17(21(26)27)15(5)12-16/h8-13H,7H2,1-6H3,(H,26,27). The van der Waals surface area contributed by atoms with Crippen LogP contribution in [0.2, 0.25) is 0 Å². The highest BCUT2D eigenvalue weighted by molar-refractivity contribution is 6.05. The van der Waals surface area contributed by atoms with Crippen LogP contribution >= 0.6 is 0 Å². The number of hydrogen-bond donors (Lipinski definition) is 1. The molecular formula is C21H27N3O3. The lowest BCUT2D eigenvalue weighted by molar-refractivity contribution is 0.0696. The summed E-state index contributed by atoms with van der Waals surface area (Å²) in [6, 6.07) is 8.88. The first-order chi connectivity index (χ1) is 12.6. The van der Waals surface area contributed by atoms with Gasteiger partial charge in [-0.3, -0.25) is 4.79 Å². The molecule has 1 aromatic heterocycles. The first kappa shape index (κ1) is 20.4. The van der Waals surface area contributed by atoms with E-state index >= 15 is 0 Å². The van der Waals surface area contributed by atoms with E-state index in [2.05, 4.69) is 30.7 Å². The van der Waals surface area contributed by atoms with Crippen LogP contribution in [0.25, 0.3) is 0 Å². The summed E-state index contributed by atoms with van der Waals surface area (Å²) in [5, 5.41) is 9.17. The fraction of sp³-hybridized carbons (Fsp3) is 0.381. The van der Waals surface area contributed by atoms with Gasteiger partial charge in [0.05, 0.1) is 5.56 Å². The summed E-state index contributed by atoms with van der Waals surface area (Å²) in [6.45, 7) is 10.7. The zero-order valence-electron chi connectivity index (χ0n) is 16.8. The van der Waals surface area contributed by atoms with Gasteiger partial charge in [0.2, 0.25) is 0 Å². The van der Waals surface area contributed by atoms with Crippen molar-refractivity contribution in [2.75, 3.05) is 23.4 Å². The van der Waals surface area contributed by atoms with Gasteiger partial charge in [0, 0.05) is 25.3 Å². The Balaban J connectivity index is 2.38. The normalized spacial score (nSPS) is 10.8. The van der Waals surface area contributed by atoms with Gasteiger partial charge in [-0.1, -0.05) is 0 Å². The second kappa shape index (κ2) is 8.20. The molecule has 1 amide bonds. The number of hydrogen-bond acceptors (Lipinski definition) is 4. The quantitative estimate of drug-likeness (QED) is 0.836. The molecule has 1 N–H and O–H groups in total. The molecule has 27 heavy (non-hydrogen) atoms. The number of aromatic nitrogens is 1. The molecule has 0 aliphatic carbocycles. The van der Waals surface area contributed by atoms with Crippen molar-refractivity contribution in [1.82, 2.24) is 4.98 Å². The highest BCUT2D eigenvalue weighted by Gasteiger charge is 2.19. The number of aryl methyl sites for hydroxylation is 2. The SMILES string of the molecule is CCN(c1cc(C)cc(C(=O)N(C)c2ccc(C(=O)O)c(C)c2)n1)C(C)C. The Labute approximate surface area is 160 Å². The van der Waals surface area contributed by atoms with Gasteiger partial charge in [0.15, 0.2) is 0 Å². The van der Waals surface area contributed by atoms with Gasteiger partial charge >= 0.3 is 5.97 Å². The molecule has 0 atom stereocenters. The van der Waals surface area contributed by atoms with E-state index < -0.39 is 5.97 Å². The van der Waals surface area contributed by atoms with Gasteiger partial charge in [0.25, 0.3) is 5.91 Å². The first-order valence-electron chi connectivity index (χ1n) is 9.03. The van der Waals surface area contributed by atoms with E-state index in [1.165, 1.54) is 11.0 Å². The van der Waals surface area contributed by atoms with Crippen LogP contribution in [0.5, 0.6) is 0 Å². The number of rotatable bonds is 6. The molecule has 1 aromatic carbocycles. The van der Waals surface area contributed by atoms with E-state index in [-0.39, 0.29) is 17.5 Å². The fourth-order valence-electron chi connectivity index (χ4n) is 3.08. The number of anilines is 2. The summed E-state index contributed by atoms with van der Waals surface area (Å²) in [6.07, 6.45) is 0. The number of benzene rings is 1. The van der Waals surface area contributed by atoms with Crippen LogP contribution in [0.1, 0.15) is 52.7 Å². The maximum atomic E-state index is 13.0. The first-order valence-corrected chi connectivity index (χ1v) is 9.03. The Bertz CT molecular complexity index is 862. The van der Waals surface area contributed by atoms with Crippen LogP contribution in [0.4, 0.5) is 11.5 Å². The summed E-state index contributed by atoms with van der Waals surface area (Å²) >= 11 is 0. The third-order valence-electron chi connectivity index (χ3n) is 4.57. The molecule has 0 fully saturated rings. The zero-order valence-corrected chi connectivity index (χ0v) is 16.8. The number of nitrogens with zero attached hydrogens (tertiary/aromatic N) is 3. The molecular weight excluding hydrogens is 342 g/mol. The van der Waals surface area contributed by atoms with Crippen molar-refractivity contribution in [3.63, 3.8) is 0 Å².